The highest BCUT2D eigenvalue weighted by Gasteiger charge is 2.37. The number of hydrogen-bond donors (Lipinski definition) is 3. The molecular formula is C13H15NO4S. The first kappa shape index (κ1) is 13.7. The molecule has 1 unspecified atom stereocenters. The Morgan fingerprint density at radius 1 is 1.42 bits per heavy atom. The van der Waals surface area contributed by atoms with Crippen LogP contribution >= 0.6 is 11.8 Å². The third-order valence-corrected chi connectivity index (χ3v) is 4.70. The van der Waals surface area contributed by atoms with Crippen LogP contribution in [0, 0.1) is 0 Å². The summed E-state index contributed by atoms with van der Waals surface area (Å²) in [6, 6.07) is 4.02. The third kappa shape index (κ3) is 2.84. The molecule has 0 spiro atoms. The van der Waals surface area contributed by atoms with E-state index in [2.05, 4.69) is 5.32 Å². The highest BCUT2D eigenvalue weighted by atomic mass is 32.2. The molecule has 6 heteroatoms. The third-order valence-electron chi connectivity index (χ3n) is 3.18. The summed E-state index contributed by atoms with van der Waals surface area (Å²) in [5, 5.41) is 21.0. The Morgan fingerprint density at radius 3 is 2.74 bits per heavy atom. The van der Waals surface area contributed by atoms with Gasteiger partial charge >= 0.3 is 5.97 Å². The van der Waals surface area contributed by atoms with E-state index in [1.54, 1.807) is 11.8 Å². The summed E-state index contributed by atoms with van der Waals surface area (Å²) in [5.41, 5.74) is 0.163. The Kier molecular flexibility index (Phi) is 3.71. The maximum Gasteiger partial charge on any atom is 0.339 e. The number of anilines is 1. The average molecular weight is 281 g/mol. The van der Waals surface area contributed by atoms with Crippen LogP contribution in [-0.4, -0.2) is 32.6 Å². The highest BCUT2D eigenvalue weighted by molar-refractivity contribution is 8.01. The molecule has 1 heterocycles. The SMILES string of the molecule is CC1(C(=O)Nc2ccc(O)c(C(=O)O)c2)CCCS1. The molecule has 0 bridgehead atoms. The van der Waals surface area contributed by atoms with Gasteiger partial charge in [0.15, 0.2) is 0 Å². The molecule has 102 valence electrons. The van der Waals surface area contributed by atoms with Gasteiger partial charge in [0.05, 0.1) is 4.75 Å². The number of carbonyl (C=O) groups excluding carboxylic acids is 1. The standard InChI is InChI=1S/C13H15NO4S/c1-13(5-2-6-19-13)12(18)14-8-3-4-10(15)9(7-8)11(16)17/h3-4,7,15H,2,5-6H2,1H3,(H,14,18)(H,16,17). The molecule has 19 heavy (non-hydrogen) atoms. The van der Waals surface area contributed by atoms with Crippen LogP contribution in [0.2, 0.25) is 0 Å². The maximum atomic E-state index is 12.2. The molecule has 0 aromatic heterocycles. The van der Waals surface area contributed by atoms with Crippen molar-refractivity contribution in [2.24, 2.45) is 0 Å². The smallest absolute Gasteiger partial charge is 0.339 e. The number of carboxylic acids is 1. The maximum absolute atomic E-state index is 12.2. The van der Waals surface area contributed by atoms with Crippen molar-refractivity contribution in [1.29, 1.82) is 0 Å². The summed E-state index contributed by atoms with van der Waals surface area (Å²) in [4.78, 5) is 23.1. The number of carbonyl (C=O) groups is 2. The quantitative estimate of drug-likeness (QED) is 0.740. The van der Waals surface area contributed by atoms with Crippen molar-refractivity contribution in [1.82, 2.24) is 0 Å². The van der Waals surface area contributed by atoms with E-state index in [0.29, 0.717) is 5.69 Å². The second-order valence-electron chi connectivity index (χ2n) is 4.67. The Hall–Kier alpha value is -1.69. The van der Waals surface area contributed by atoms with Gasteiger partial charge in [0.2, 0.25) is 5.91 Å². The molecule has 1 amide bonds. The Labute approximate surface area is 115 Å². The van der Waals surface area contributed by atoms with Gasteiger partial charge in [0, 0.05) is 5.69 Å². The Morgan fingerprint density at radius 2 is 2.16 bits per heavy atom. The zero-order valence-electron chi connectivity index (χ0n) is 10.5. The molecule has 1 fully saturated rings. The molecule has 1 aliphatic rings. The summed E-state index contributed by atoms with van der Waals surface area (Å²) >= 11 is 1.61. The van der Waals surface area contributed by atoms with E-state index in [4.69, 9.17) is 5.11 Å². The molecule has 1 aromatic carbocycles. The number of amides is 1. The van der Waals surface area contributed by atoms with E-state index in [9.17, 15) is 14.7 Å². The number of nitrogens with one attached hydrogen (secondary N) is 1. The van der Waals surface area contributed by atoms with Crippen molar-refractivity contribution in [3.8, 4) is 5.75 Å². The zero-order valence-corrected chi connectivity index (χ0v) is 11.3. The van der Waals surface area contributed by atoms with Crippen molar-refractivity contribution >= 4 is 29.3 Å². The van der Waals surface area contributed by atoms with Crippen molar-refractivity contribution in [3.05, 3.63) is 23.8 Å². The molecule has 3 N–H and O–H groups in total. The summed E-state index contributed by atoms with van der Waals surface area (Å²) in [6.45, 7) is 1.89. The Bertz CT molecular complexity index is 523. The van der Waals surface area contributed by atoms with Gasteiger partial charge in [-0.15, -0.1) is 11.8 Å². The summed E-state index contributed by atoms with van der Waals surface area (Å²) in [7, 11) is 0. The van der Waals surface area contributed by atoms with E-state index in [0.717, 1.165) is 18.6 Å². The predicted molar refractivity (Wildman–Crippen MR) is 73.8 cm³/mol. The highest BCUT2D eigenvalue weighted by Crippen LogP contribution is 2.38. The fourth-order valence-corrected chi connectivity index (χ4v) is 3.22. The van der Waals surface area contributed by atoms with Crippen LogP contribution in [0.1, 0.15) is 30.1 Å². The largest absolute Gasteiger partial charge is 0.507 e. The van der Waals surface area contributed by atoms with Crippen molar-refractivity contribution in [2.45, 2.75) is 24.5 Å². The summed E-state index contributed by atoms with van der Waals surface area (Å²) < 4.78 is -0.457. The van der Waals surface area contributed by atoms with Gasteiger partial charge in [-0.1, -0.05) is 0 Å². The number of benzene rings is 1. The molecule has 5 nitrogen and oxygen atoms in total. The number of carboxylic acid groups (broad SMARTS) is 1. The van der Waals surface area contributed by atoms with Gasteiger partial charge in [-0.25, -0.2) is 4.79 Å². The van der Waals surface area contributed by atoms with Crippen molar-refractivity contribution < 1.29 is 19.8 Å². The lowest BCUT2D eigenvalue weighted by Crippen LogP contribution is -2.34. The van der Waals surface area contributed by atoms with E-state index in [-0.39, 0.29) is 17.2 Å². The van der Waals surface area contributed by atoms with E-state index in [1.807, 2.05) is 6.92 Å². The lowest BCUT2D eigenvalue weighted by Gasteiger charge is -2.21. The fourth-order valence-electron chi connectivity index (χ4n) is 2.01. The van der Waals surface area contributed by atoms with Crippen LogP contribution in [0.15, 0.2) is 18.2 Å². The number of hydrogen-bond acceptors (Lipinski definition) is 4. The van der Waals surface area contributed by atoms with Crippen molar-refractivity contribution in [3.63, 3.8) is 0 Å². The monoisotopic (exact) mass is 281 g/mol. The van der Waals surface area contributed by atoms with E-state index in [1.165, 1.54) is 18.2 Å². The van der Waals surface area contributed by atoms with Gasteiger partial charge < -0.3 is 15.5 Å². The average Bonchev–Trinajstić information content (AvgIpc) is 2.79. The zero-order chi connectivity index (χ0) is 14.0. The van der Waals surface area contributed by atoms with E-state index < -0.39 is 10.7 Å². The second kappa shape index (κ2) is 5.13. The van der Waals surface area contributed by atoms with Gasteiger partial charge in [-0.05, 0) is 43.7 Å². The molecule has 1 saturated heterocycles. The molecule has 0 radical (unpaired) electrons. The number of aromatic carboxylic acids is 1. The van der Waals surface area contributed by atoms with E-state index >= 15 is 0 Å². The van der Waals surface area contributed by atoms with Crippen LogP contribution in [0.4, 0.5) is 5.69 Å². The molecule has 2 rings (SSSR count). The van der Waals surface area contributed by atoms with Gasteiger partial charge in [0.25, 0.3) is 0 Å². The normalized spacial score (nSPS) is 22.2. The molecule has 1 aromatic rings. The molecule has 1 atom stereocenters. The number of thioether (sulfide) groups is 1. The fraction of sp³-hybridized carbons (Fsp3) is 0.385. The van der Waals surface area contributed by atoms with Crippen LogP contribution in [-0.2, 0) is 4.79 Å². The number of phenols is 1. The molecule has 0 aliphatic carbocycles. The van der Waals surface area contributed by atoms with Crippen molar-refractivity contribution in [2.75, 3.05) is 11.1 Å². The first-order chi connectivity index (χ1) is 8.92. The lowest BCUT2D eigenvalue weighted by molar-refractivity contribution is -0.118. The van der Waals surface area contributed by atoms with Gasteiger partial charge in [-0.3, -0.25) is 4.79 Å². The summed E-state index contributed by atoms with van der Waals surface area (Å²) in [5.74, 6) is -0.709. The number of rotatable bonds is 3. The first-order valence-corrected chi connectivity index (χ1v) is 6.93. The summed E-state index contributed by atoms with van der Waals surface area (Å²) in [6.07, 6.45) is 1.82. The topological polar surface area (TPSA) is 86.6 Å². The predicted octanol–water partition coefficient (Wildman–Crippen LogP) is 2.31. The minimum atomic E-state index is -1.23. The minimum Gasteiger partial charge on any atom is -0.507 e. The van der Waals surface area contributed by atoms with Crippen LogP contribution in [0.5, 0.6) is 5.75 Å². The van der Waals surface area contributed by atoms with Crippen LogP contribution in [0.3, 0.4) is 0 Å². The van der Waals surface area contributed by atoms with Crippen LogP contribution < -0.4 is 5.32 Å². The lowest BCUT2D eigenvalue weighted by atomic mass is 10.0. The number of aromatic hydroxyl groups is 1. The minimum absolute atomic E-state index is 0.128. The van der Waals surface area contributed by atoms with Gasteiger partial charge in [0.1, 0.15) is 11.3 Å². The Balaban J connectivity index is 2.17. The second-order valence-corrected chi connectivity index (χ2v) is 6.27. The molecule has 0 saturated carbocycles. The first-order valence-electron chi connectivity index (χ1n) is 5.94. The van der Waals surface area contributed by atoms with Crippen LogP contribution in [0.25, 0.3) is 0 Å². The molecular weight excluding hydrogens is 266 g/mol. The molecule has 1 aliphatic heterocycles. The van der Waals surface area contributed by atoms with Gasteiger partial charge in [-0.2, -0.15) is 0 Å².